The Morgan fingerprint density at radius 3 is 2.68 bits per heavy atom. The quantitative estimate of drug-likeness (QED) is 0.889. The molecule has 2 aromatic rings. The third kappa shape index (κ3) is 2.49. The van der Waals surface area contributed by atoms with Crippen LogP contribution in [0.2, 0.25) is 0 Å². The average molecular weight is 260 g/mol. The van der Waals surface area contributed by atoms with Crippen LogP contribution in [0.5, 0.6) is 0 Å². The minimum atomic E-state index is -0.193. The Bertz CT molecular complexity index is 616. The molecule has 0 fully saturated rings. The van der Waals surface area contributed by atoms with Crippen molar-refractivity contribution in [2.24, 2.45) is 0 Å². The second-order valence-electron chi connectivity index (χ2n) is 5.17. The summed E-state index contributed by atoms with van der Waals surface area (Å²) >= 11 is 0. The number of H-pyrrole nitrogens is 1. The number of amides is 1. The van der Waals surface area contributed by atoms with Crippen LogP contribution in [-0.2, 0) is 0 Å². The van der Waals surface area contributed by atoms with Crippen LogP contribution in [0.25, 0.3) is 10.9 Å². The molecule has 0 aliphatic rings. The minimum absolute atomic E-state index is 0.0411. The maximum Gasteiger partial charge on any atom is 0.270 e. The Morgan fingerprint density at radius 1 is 1.37 bits per heavy atom. The maximum absolute atomic E-state index is 12.3. The van der Waals surface area contributed by atoms with Gasteiger partial charge < -0.3 is 15.0 Å². The van der Waals surface area contributed by atoms with E-state index in [1.165, 1.54) is 5.56 Å². The van der Waals surface area contributed by atoms with Gasteiger partial charge in [-0.15, -0.1) is 0 Å². The molecule has 102 valence electrons. The van der Waals surface area contributed by atoms with E-state index in [9.17, 15) is 4.79 Å². The highest BCUT2D eigenvalue weighted by molar-refractivity contribution is 5.99. The summed E-state index contributed by atoms with van der Waals surface area (Å²) in [7, 11) is 1.70. The summed E-state index contributed by atoms with van der Waals surface area (Å²) in [5.41, 5.74) is 3.86. The lowest BCUT2D eigenvalue weighted by molar-refractivity contribution is 0.0677. The SMILES string of the molecule is Cc1cc(C)c2cc(C(=O)N(C)C(C)CO)[nH]c2c1. The Labute approximate surface area is 113 Å². The summed E-state index contributed by atoms with van der Waals surface area (Å²) < 4.78 is 0. The molecule has 2 N–H and O–H groups in total. The molecule has 1 aromatic carbocycles. The number of hydrogen-bond donors (Lipinski definition) is 2. The number of aromatic amines is 1. The van der Waals surface area contributed by atoms with Crippen molar-refractivity contribution < 1.29 is 9.90 Å². The lowest BCUT2D eigenvalue weighted by Crippen LogP contribution is -2.37. The van der Waals surface area contributed by atoms with Crippen LogP contribution in [0.15, 0.2) is 18.2 Å². The van der Waals surface area contributed by atoms with Crippen LogP contribution in [0, 0.1) is 13.8 Å². The highest BCUT2D eigenvalue weighted by Crippen LogP contribution is 2.22. The van der Waals surface area contributed by atoms with Crippen LogP contribution in [0.4, 0.5) is 0 Å². The molecule has 0 saturated heterocycles. The number of hydrogen-bond acceptors (Lipinski definition) is 2. The van der Waals surface area contributed by atoms with Crippen molar-refractivity contribution in [3.63, 3.8) is 0 Å². The van der Waals surface area contributed by atoms with Gasteiger partial charge in [0.1, 0.15) is 5.69 Å². The van der Waals surface area contributed by atoms with Gasteiger partial charge in [-0.25, -0.2) is 0 Å². The molecule has 4 nitrogen and oxygen atoms in total. The minimum Gasteiger partial charge on any atom is -0.394 e. The molecule has 1 aromatic heterocycles. The molecule has 1 heterocycles. The van der Waals surface area contributed by atoms with Crippen LogP contribution in [0.1, 0.15) is 28.5 Å². The van der Waals surface area contributed by atoms with Crippen molar-refractivity contribution in [2.75, 3.05) is 13.7 Å². The van der Waals surface area contributed by atoms with E-state index < -0.39 is 0 Å². The van der Waals surface area contributed by atoms with Crippen LogP contribution in [0.3, 0.4) is 0 Å². The van der Waals surface area contributed by atoms with Crippen molar-refractivity contribution in [1.29, 1.82) is 0 Å². The van der Waals surface area contributed by atoms with Crippen molar-refractivity contribution in [3.8, 4) is 0 Å². The predicted octanol–water partition coefficient (Wildman–Crippen LogP) is 2.24. The summed E-state index contributed by atoms with van der Waals surface area (Å²) in [6.07, 6.45) is 0. The smallest absolute Gasteiger partial charge is 0.270 e. The summed E-state index contributed by atoms with van der Waals surface area (Å²) in [6, 6.07) is 5.83. The van der Waals surface area contributed by atoms with Crippen molar-refractivity contribution >= 4 is 16.8 Å². The van der Waals surface area contributed by atoms with Gasteiger partial charge in [0.05, 0.1) is 12.6 Å². The number of benzene rings is 1. The number of fused-ring (bicyclic) bond motifs is 1. The molecule has 4 heteroatoms. The highest BCUT2D eigenvalue weighted by atomic mass is 16.3. The van der Waals surface area contributed by atoms with Gasteiger partial charge in [-0.3, -0.25) is 4.79 Å². The van der Waals surface area contributed by atoms with Gasteiger partial charge in [0.2, 0.25) is 0 Å². The fourth-order valence-electron chi connectivity index (χ4n) is 2.23. The van der Waals surface area contributed by atoms with Gasteiger partial charge >= 0.3 is 0 Å². The van der Waals surface area contributed by atoms with Gasteiger partial charge in [-0.1, -0.05) is 6.07 Å². The van der Waals surface area contributed by atoms with E-state index in [4.69, 9.17) is 5.11 Å². The van der Waals surface area contributed by atoms with E-state index in [-0.39, 0.29) is 18.6 Å². The number of nitrogens with one attached hydrogen (secondary N) is 1. The molecule has 1 unspecified atom stereocenters. The normalized spacial score (nSPS) is 12.7. The second-order valence-corrected chi connectivity index (χ2v) is 5.17. The molecule has 1 atom stereocenters. The number of likely N-dealkylation sites (N-methyl/N-ethyl adjacent to an activating group) is 1. The van der Waals surface area contributed by atoms with Crippen molar-refractivity contribution in [2.45, 2.75) is 26.8 Å². The molecule has 0 bridgehead atoms. The Morgan fingerprint density at radius 2 is 2.05 bits per heavy atom. The number of carbonyl (C=O) groups is 1. The standard InChI is InChI=1S/C15H20N2O2/c1-9-5-10(2)12-7-14(16-13(12)6-9)15(19)17(4)11(3)8-18/h5-7,11,16,18H,8H2,1-4H3. The van der Waals surface area contributed by atoms with E-state index in [0.29, 0.717) is 5.69 Å². The molecule has 0 aliphatic heterocycles. The number of aliphatic hydroxyl groups excluding tert-OH is 1. The second kappa shape index (κ2) is 5.05. The Balaban J connectivity index is 2.41. The number of aryl methyl sites for hydroxylation is 2. The van der Waals surface area contributed by atoms with E-state index >= 15 is 0 Å². The Hall–Kier alpha value is -1.81. The lowest BCUT2D eigenvalue weighted by atomic mass is 10.1. The first kappa shape index (κ1) is 13.6. The van der Waals surface area contributed by atoms with Gasteiger partial charge in [0.15, 0.2) is 0 Å². The number of aliphatic hydroxyl groups is 1. The molecule has 2 rings (SSSR count). The van der Waals surface area contributed by atoms with Gasteiger partial charge in [0, 0.05) is 18.0 Å². The number of rotatable bonds is 3. The van der Waals surface area contributed by atoms with E-state index in [1.54, 1.807) is 11.9 Å². The largest absolute Gasteiger partial charge is 0.394 e. The molecule has 0 saturated carbocycles. The van der Waals surface area contributed by atoms with Crippen LogP contribution < -0.4 is 0 Å². The number of aromatic nitrogens is 1. The van der Waals surface area contributed by atoms with Gasteiger partial charge in [-0.05, 0) is 44.0 Å². The van der Waals surface area contributed by atoms with E-state index in [2.05, 4.69) is 11.1 Å². The van der Waals surface area contributed by atoms with Crippen LogP contribution in [-0.4, -0.2) is 40.6 Å². The zero-order valence-electron chi connectivity index (χ0n) is 11.8. The monoisotopic (exact) mass is 260 g/mol. The molecule has 0 aliphatic carbocycles. The molecule has 1 amide bonds. The first-order chi connectivity index (χ1) is 8.93. The summed E-state index contributed by atoms with van der Waals surface area (Å²) in [6.45, 7) is 5.85. The lowest BCUT2D eigenvalue weighted by Gasteiger charge is -2.22. The Kier molecular flexibility index (Phi) is 3.62. The van der Waals surface area contributed by atoms with Crippen molar-refractivity contribution in [1.82, 2.24) is 9.88 Å². The summed E-state index contributed by atoms with van der Waals surface area (Å²) in [5, 5.41) is 10.2. The zero-order chi connectivity index (χ0) is 14.2. The molecule has 19 heavy (non-hydrogen) atoms. The molecule has 0 radical (unpaired) electrons. The molecule has 0 spiro atoms. The maximum atomic E-state index is 12.3. The third-order valence-electron chi connectivity index (χ3n) is 3.57. The molecular formula is C15H20N2O2. The summed E-state index contributed by atoms with van der Waals surface area (Å²) in [5.74, 6) is -0.102. The predicted molar refractivity (Wildman–Crippen MR) is 76.4 cm³/mol. The van der Waals surface area contributed by atoms with Gasteiger partial charge in [-0.2, -0.15) is 0 Å². The fourth-order valence-corrected chi connectivity index (χ4v) is 2.23. The van der Waals surface area contributed by atoms with Crippen molar-refractivity contribution in [3.05, 3.63) is 35.0 Å². The summed E-state index contributed by atoms with van der Waals surface area (Å²) in [4.78, 5) is 17.0. The first-order valence-electron chi connectivity index (χ1n) is 6.42. The fraction of sp³-hybridized carbons (Fsp3) is 0.400. The van der Waals surface area contributed by atoms with E-state index in [0.717, 1.165) is 16.5 Å². The van der Waals surface area contributed by atoms with Crippen LogP contribution >= 0.6 is 0 Å². The average Bonchev–Trinajstić information content (AvgIpc) is 2.80. The topological polar surface area (TPSA) is 56.3 Å². The molecular weight excluding hydrogens is 240 g/mol. The number of nitrogens with zero attached hydrogens (tertiary/aromatic N) is 1. The first-order valence-corrected chi connectivity index (χ1v) is 6.42. The van der Waals surface area contributed by atoms with Gasteiger partial charge in [0.25, 0.3) is 5.91 Å². The number of carbonyl (C=O) groups excluding carboxylic acids is 1. The van der Waals surface area contributed by atoms with E-state index in [1.807, 2.05) is 32.9 Å². The zero-order valence-corrected chi connectivity index (χ0v) is 11.8. The third-order valence-corrected chi connectivity index (χ3v) is 3.57. The highest BCUT2D eigenvalue weighted by Gasteiger charge is 2.19.